The molecule has 4 heteroatoms. The molecule has 0 saturated heterocycles. The maximum atomic E-state index is 9.14. The van der Waals surface area contributed by atoms with Crippen LogP contribution in [0.5, 0.6) is 0 Å². The van der Waals surface area contributed by atoms with Gasteiger partial charge in [0.05, 0.1) is 10.4 Å². The fourth-order valence-corrected chi connectivity index (χ4v) is 2.39. The van der Waals surface area contributed by atoms with Crippen LogP contribution in [0.2, 0.25) is 4.34 Å². The van der Waals surface area contributed by atoms with E-state index in [1.165, 1.54) is 4.88 Å². The third-order valence-corrected chi connectivity index (χ3v) is 2.85. The van der Waals surface area contributed by atoms with Crippen LogP contribution in [0.15, 0.2) is 12.1 Å². The number of hydrogen-bond acceptors (Lipinski definition) is 3. The van der Waals surface area contributed by atoms with E-state index in [2.05, 4.69) is 4.90 Å². The third-order valence-electron chi connectivity index (χ3n) is 1.63. The number of aliphatic hydroxyl groups excluding tert-OH is 1. The first-order valence-electron chi connectivity index (χ1n) is 4.18. The molecule has 0 unspecified atom stereocenters. The topological polar surface area (TPSA) is 23.5 Å². The number of rotatable bonds is 4. The highest BCUT2D eigenvalue weighted by atomic mass is 35.5. The summed E-state index contributed by atoms with van der Waals surface area (Å²) in [5.41, 5.74) is 0. The lowest BCUT2D eigenvalue weighted by Gasteiger charge is -2.16. The van der Waals surface area contributed by atoms with Crippen molar-refractivity contribution in [3.8, 4) is 0 Å². The molecule has 0 spiro atoms. The molecule has 0 aliphatic heterocycles. The van der Waals surface area contributed by atoms with Crippen molar-refractivity contribution in [3.63, 3.8) is 0 Å². The first-order valence-corrected chi connectivity index (χ1v) is 5.38. The molecule has 0 saturated carbocycles. The number of aliphatic hydroxyl groups is 1. The van der Waals surface area contributed by atoms with Gasteiger partial charge in [0.15, 0.2) is 0 Å². The molecule has 0 aromatic carbocycles. The third kappa shape index (κ3) is 4.09. The molecule has 13 heavy (non-hydrogen) atoms. The molecule has 1 aromatic heterocycles. The Labute approximate surface area is 87.8 Å². The van der Waals surface area contributed by atoms with E-state index in [0.717, 1.165) is 10.9 Å². The summed E-state index contributed by atoms with van der Waals surface area (Å²) in [7, 11) is 1.99. The number of hydrogen-bond donors (Lipinski definition) is 1. The van der Waals surface area contributed by atoms with E-state index in [1.54, 1.807) is 18.3 Å². The van der Waals surface area contributed by atoms with E-state index in [4.69, 9.17) is 16.7 Å². The zero-order chi connectivity index (χ0) is 9.84. The highest BCUT2D eigenvalue weighted by Crippen LogP contribution is 2.22. The van der Waals surface area contributed by atoms with Crippen LogP contribution in [0.4, 0.5) is 0 Å². The lowest BCUT2D eigenvalue weighted by Crippen LogP contribution is -2.26. The van der Waals surface area contributed by atoms with Gasteiger partial charge in [0, 0.05) is 18.0 Å². The zero-order valence-corrected chi connectivity index (χ0v) is 9.40. The van der Waals surface area contributed by atoms with Crippen LogP contribution >= 0.6 is 22.9 Å². The Bertz CT molecular complexity index is 262. The first-order chi connectivity index (χ1) is 6.08. The predicted molar refractivity (Wildman–Crippen MR) is 57.3 cm³/mol. The van der Waals surface area contributed by atoms with E-state index in [-0.39, 0.29) is 6.10 Å². The maximum Gasteiger partial charge on any atom is 0.0931 e. The second-order valence-electron chi connectivity index (χ2n) is 3.25. The summed E-state index contributed by atoms with van der Waals surface area (Å²) in [6.45, 7) is 3.33. The lowest BCUT2D eigenvalue weighted by molar-refractivity contribution is 0.139. The van der Waals surface area contributed by atoms with Gasteiger partial charge in [-0.2, -0.15) is 0 Å². The molecule has 1 aromatic rings. The Morgan fingerprint density at radius 3 is 2.77 bits per heavy atom. The van der Waals surface area contributed by atoms with Gasteiger partial charge in [-0.1, -0.05) is 11.6 Å². The molecule has 0 bridgehead atoms. The van der Waals surface area contributed by atoms with E-state index >= 15 is 0 Å². The van der Waals surface area contributed by atoms with E-state index in [0.29, 0.717) is 6.54 Å². The Kier molecular flexibility index (Phi) is 4.19. The van der Waals surface area contributed by atoms with Crippen LogP contribution in [0.25, 0.3) is 0 Å². The molecular formula is C9H14ClNOS. The average molecular weight is 220 g/mol. The Balaban J connectivity index is 2.40. The van der Waals surface area contributed by atoms with Crippen LogP contribution in [-0.4, -0.2) is 29.7 Å². The molecule has 2 nitrogen and oxygen atoms in total. The summed E-state index contributed by atoms with van der Waals surface area (Å²) in [5.74, 6) is 0. The largest absolute Gasteiger partial charge is 0.392 e. The van der Waals surface area contributed by atoms with E-state index in [9.17, 15) is 0 Å². The summed E-state index contributed by atoms with van der Waals surface area (Å²) in [5, 5.41) is 9.14. The van der Waals surface area contributed by atoms with Gasteiger partial charge in [0.25, 0.3) is 0 Å². The zero-order valence-electron chi connectivity index (χ0n) is 7.83. The van der Waals surface area contributed by atoms with Crippen molar-refractivity contribution in [2.75, 3.05) is 13.6 Å². The molecular weight excluding hydrogens is 206 g/mol. The predicted octanol–water partition coefficient (Wildman–Crippen LogP) is 2.21. The van der Waals surface area contributed by atoms with Crippen molar-refractivity contribution < 1.29 is 5.11 Å². The van der Waals surface area contributed by atoms with Crippen LogP contribution in [0.1, 0.15) is 11.8 Å². The summed E-state index contributed by atoms with van der Waals surface area (Å²) >= 11 is 7.39. The van der Waals surface area contributed by atoms with Crippen molar-refractivity contribution in [1.82, 2.24) is 4.90 Å². The van der Waals surface area contributed by atoms with Gasteiger partial charge in [-0.15, -0.1) is 11.3 Å². The molecule has 0 fully saturated rings. The lowest BCUT2D eigenvalue weighted by atomic mass is 10.3. The van der Waals surface area contributed by atoms with Gasteiger partial charge in [0.2, 0.25) is 0 Å². The van der Waals surface area contributed by atoms with E-state index < -0.39 is 0 Å². The Morgan fingerprint density at radius 2 is 2.31 bits per heavy atom. The molecule has 74 valence electrons. The fraction of sp³-hybridized carbons (Fsp3) is 0.556. The standard InChI is InChI=1S/C9H14ClNOS/c1-7(12)5-11(2)6-8-3-4-9(10)13-8/h3-4,7,12H,5-6H2,1-2H3/t7-/m1/s1. The van der Waals surface area contributed by atoms with Crippen LogP contribution in [0, 0.1) is 0 Å². The van der Waals surface area contributed by atoms with Crippen molar-refractivity contribution in [3.05, 3.63) is 21.3 Å². The summed E-state index contributed by atoms with van der Waals surface area (Å²) in [6, 6.07) is 3.92. The number of likely N-dealkylation sites (N-methyl/N-ethyl adjacent to an activating group) is 1. The minimum atomic E-state index is -0.277. The van der Waals surface area contributed by atoms with Gasteiger partial charge in [-0.3, -0.25) is 4.90 Å². The second kappa shape index (κ2) is 4.96. The Morgan fingerprint density at radius 1 is 1.62 bits per heavy atom. The van der Waals surface area contributed by atoms with Crippen LogP contribution in [0.3, 0.4) is 0 Å². The minimum Gasteiger partial charge on any atom is -0.392 e. The minimum absolute atomic E-state index is 0.277. The maximum absolute atomic E-state index is 9.14. The molecule has 0 radical (unpaired) electrons. The van der Waals surface area contributed by atoms with Crippen molar-refractivity contribution in [1.29, 1.82) is 0 Å². The van der Waals surface area contributed by atoms with Crippen molar-refractivity contribution >= 4 is 22.9 Å². The highest BCUT2D eigenvalue weighted by Gasteiger charge is 2.05. The van der Waals surface area contributed by atoms with Gasteiger partial charge < -0.3 is 5.11 Å². The summed E-state index contributed by atoms with van der Waals surface area (Å²) in [4.78, 5) is 3.31. The smallest absolute Gasteiger partial charge is 0.0931 e. The number of halogens is 1. The second-order valence-corrected chi connectivity index (χ2v) is 5.05. The van der Waals surface area contributed by atoms with Crippen LogP contribution < -0.4 is 0 Å². The quantitative estimate of drug-likeness (QED) is 0.840. The molecule has 1 atom stereocenters. The highest BCUT2D eigenvalue weighted by molar-refractivity contribution is 7.16. The van der Waals surface area contributed by atoms with Crippen LogP contribution in [-0.2, 0) is 6.54 Å². The average Bonchev–Trinajstić information content (AvgIpc) is 2.33. The molecule has 0 amide bonds. The number of thiophene rings is 1. The van der Waals surface area contributed by atoms with Gasteiger partial charge in [-0.25, -0.2) is 0 Å². The monoisotopic (exact) mass is 219 g/mol. The van der Waals surface area contributed by atoms with Crippen molar-refractivity contribution in [2.24, 2.45) is 0 Å². The fourth-order valence-electron chi connectivity index (χ4n) is 1.22. The summed E-state index contributed by atoms with van der Waals surface area (Å²) < 4.78 is 0.820. The van der Waals surface area contributed by atoms with Gasteiger partial charge >= 0.3 is 0 Å². The molecule has 1 rings (SSSR count). The van der Waals surface area contributed by atoms with E-state index in [1.807, 2.05) is 19.2 Å². The Hall–Kier alpha value is -0.0900. The van der Waals surface area contributed by atoms with Gasteiger partial charge in [0.1, 0.15) is 0 Å². The van der Waals surface area contributed by atoms with Gasteiger partial charge in [-0.05, 0) is 26.1 Å². The normalized spacial score (nSPS) is 13.6. The molecule has 0 aliphatic rings. The SMILES string of the molecule is C[C@@H](O)CN(C)Cc1ccc(Cl)s1. The van der Waals surface area contributed by atoms with Crippen molar-refractivity contribution in [2.45, 2.75) is 19.6 Å². The molecule has 1 N–H and O–H groups in total. The first kappa shape index (κ1) is 11.0. The number of nitrogens with zero attached hydrogens (tertiary/aromatic N) is 1. The summed E-state index contributed by atoms with van der Waals surface area (Å²) in [6.07, 6.45) is -0.277. The molecule has 1 heterocycles. The molecule has 0 aliphatic carbocycles.